The number of ketones is 1. The summed E-state index contributed by atoms with van der Waals surface area (Å²) in [4.78, 5) is 23.7. The highest BCUT2D eigenvalue weighted by Gasteiger charge is 2.21. The molecule has 8 heteroatoms. The minimum absolute atomic E-state index is 0.00406. The van der Waals surface area contributed by atoms with E-state index in [1.807, 2.05) is 4.72 Å². The summed E-state index contributed by atoms with van der Waals surface area (Å²) in [5, 5.41) is 0.377. The Morgan fingerprint density at radius 2 is 1.55 bits per heavy atom. The van der Waals surface area contributed by atoms with Gasteiger partial charge in [0.25, 0.3) is 15.9 Å². The van der Waals surface area contributed by atoms with Crippen LogP contribution in [-0.4, -0.2) is 20.1 Å². The maximum absolute atomic E-state index is 12.7. The Morgan fingerprint density at radius 1 is 0.862 bits per heavy atom. The second-order valence-corrected chi connectivity index (χ2v) is 8.75. The standard InChI is InChI=1S/C21H15Cl2NO4S/c1-13(25)14-5-7-15(8-6-14)16-3-2-4-18(11-16)29(27,28)24-21(26)19-10-9-17(22)12-20(19)23/h2-12H,1H3,(H,24,26). The fraction of sp³-hybridized carbons (Fsp3) is 0.0476. The third-order valence-corrected chi connectivity index (χ3v) is 6.05. The first-order valence-corrected chi connectivity index (χ1v) is 10.6. The van der Waals surface area contributed by atoms with Crippen molar-refractivity contribution in [1.29, 1.82) is 0 Å². The minimum atomic E-state index is -4.13. The van der Waals surface area contributed by atoms with Gasteiger partial charge in [-0.05, 0) is 48.4 Å². The number of halogens is 2. The van der Waals surface area contributed by atoms with Crippen LogP contribution in [0.1, 0.15) is 27.6 Å². The number of carbonyl (C=O) groups is 2. The summed E-state index contributed by atoms with van der Waals surface area (Å²) in [6.45, 7) is 1.47. The first kappa shape index (κ1) is 21.0. The SMILES string of the molecule is CC(=O)c1ccc(-c2cccc(S(=O)(=O)NC(=O)c3ccc(Cl)cc3Cl)c2)cc1. The molecule has 0 heterocycles. The van der Waals surface area contributed by atoms with Crippen molar-refractivity contribution in [2.75, 3.05) is 0 Å². The normalized spacial score (nSPS) is 11.1. The van der Waals surface area contributed by atoms with Crippen LogP contribution in [0, 0.1) is 0 Å². The van der Waals surface area contributed by atoms with Crippen molar-refractivity contribution in [3.8, 4) is 11.1 Å². The van der Waals surface area contributed by atoms with E-state index in [1.165, 1.54) is 37.3 Å². The van der Waals surface area contributed by atoms with Crippen LogP contribution in [0.4, 0.5) is 0 Å². The van der Waals surface area contributed by atoms with Crippen molar-refractivity contribution >= 4 is 44.9 Å². The Hall–Kier alpha value is -2.67. The molecule has 5 nitrogen and oxygen atoms in total. The maximum atomic E-state index is 12.7. The van der Waals surface area contributed by atoms with E-state index in [0.29, 0.717) is 16.1 Å². The van der Waals surface area contributed by atoms with E-state index in [2.05, 4.69) is 0 Å². The molecule has 148 valence electrons. The molecule has 0 atom stereocenters. The van der Waals surface area contributed by atoms with Gasteiger partial charge in [-0.2, -0.15) is 0 Å². The summed E-state index contributed by atoms with van der Waals surface area (Å²) in [6.07, 6.45) is 0. The molecule has 1 N–H and O–H groups in total. The number of hydrogen-bond donors (Lipinski definition) is 1. The third-order valence-electron chi connectivity index (χ3n) is 4.17. The van der Waals surface area contributed by atoms with Gasteiger partial charge in [0.05, 0.1) is 15.5 Å². The van der Waals surface area contributed by atoms with E-state index in [4.69, 9.17) is 23.2 Å². The largest absolute Gasteiger partial charge is 0.295 e. The van der Waals surface area contributed by atoms with E-state index in [9.17, 15) is 18.0 Å². The smallest absolute Gasteiger partial charge is 0.266 e. The summed E-state index contributed by atoms with van der Waals surface area (Å²) in [5.74, 6) is -0.917. The highest BCUT2D eigenvalue weighted by Crippen LogP contribution is 2.24. The van der Waals surface area contributed by atoms with Gasteiger partial charge < -0.3 is 0 Å². The Bertz CT molecular complexity index is 1210. The Balaban J connectivity index is 1.88. The number of hydrogen-bond acceptors (Lipinski definition) is 4. The van der Waals surface area contributed by atoms with Crippen LogP contribution >= 0.6 is 23.2 Å². The van der Waals surface area contributed by atoms with Crippen LogP contribution in [0.5, 0.6) is 0 Å². The van der Waals surface area contributed by atoms with Crippen LogP contribution in [0.2, 0.25) is 10.0 Å². The zero-order chi connectivity index (χ0) is 21.2. The van der Waals surface area contributed by atoms with Crippen LogP contribution < -0.4 is 4.72 Å². The van der Waals surface area contributed by atoms with E-state index in [-0.39, 0.29) is 21.3 Å². The van der Waals surface area contributed by atoms with Crippen molar-refractivity contribution in [3.05, 3.63) is 87.9 Å². The summed E-state index contributed by atoms with van der Waals surface area (Å²) in [5.41, 5.74) is 1.92. The molecule has 0 saturated carbocycles. The third kappa shape index (κ3) is 4.85. The predicted octanol–water partition coefficient (Wildman–Crippen LogP) is 4.98. The van der Waals surface area contributed by atoms with E-state index in [0.717, 1.165) is 5.56 Å². The zero-order valence-electron chi connectivity index (χ0n) is 15.1. The molecule has 0 aliphatic heterocycles. The lowest BCUT2D eigenvalue weighted by Crippen LogP contribution is -2.30. The lowest BCUT2D eigenvalue weighted by atomic mass is 10.0. The van der Waals surface area contributed by atoms with Gasteiger partial charge in [-0.15, -0.1) is 0 Å². The second kappa shape index (κ2) is 8.37. The van der Waals surface area contributed by atoms with Crippen molar-refractivity contribution in [3.63, 3.8) is 0 Å². The molecule has 29 heavy (non-hydrogen) atoms. The second-order valence-electron chi connectivity index (χ2n) is 6.22. The van der Waals surface area contributed by atoms with Gasteiger partial charge in [0.1, 0.15) is 0 Å². The average Bonchev–Trinajstić information content (AvgIpc) is 2.67. The molecule has 0 aromatic heterocycles. The Kier molecular flexibility index (Phi) is 6.07. The highest BCUT2D eigenvalue weighted by molar-refractivity contribution is 7.90. The molecular formula is C21H15Cl2NO4S. The lowest BCUT2D eigenvalue weighted by molar-refractivity contribution is 0.0979. The summed E-state index contributed by atoms with van der Waals surface area (Å²) >= 11 is 11.8. The molecule has 0 unspecified atom stereocenters. The molecule has 0 bridgehead atoms. The fourth-order valence-electron chi connectivity index (χ4n) is 2.65. The summed E-state index contributed by atoms with van der Waals surface area (Å²) in [6, 6.07) is 17.1. The van der Waals surface area contributed by atoms with Gasteiger partial charge >= 0.3 is 0 Å². The molecule has 0 radical (unpaired) electrons. The Morgan fingerprint density at radius 3 is 2.17 bits per heavy atom. The van der Waals surface area contributed by atoms with Gasteiger partial charge in [-0.1, -0.05) is 59.6 Å². The molecule has 0 aliphatic rings. The minimum Gasteiger partial charge on any atom is -0.295 e. The summed E-state index contributed by atoms with van der Waals surface area (Å²) < 4.78 is 27.4. The number of carbonyl (C=O) groups excluding carboxylic acids is 2. The van der Waals surface area contributed by atoms with Gasteiger partial charge in [-0.3, -0.25) is 9.59 Å². The molecule has 0 aliphatic carbocycles. The number of nitrogens with one attached hydrogen (secondary N) is 1. The van der Waals surface area contributed by atoms with Crippen molar-refractivity contribution < 1.29 is 18.0 Å². The summed E-state index contributed by atoms with van der Waals surface area (Å²) in [7, 11) is -4.13. The van der Waals surface area contributed by atoms with E-state index in [1.54, 1.807) is 36.4 Å². The van der Waals surface area contributed by atoms with Crippen LogP contribution in [-0.2, 0) is 10.0 Å². The predicted molar refractivity (Wildman–Crippen MR) is 113 cm³/mol. The van der Waals surface area contributed by atoms with Crippen LogP contribution in [0.25, 0.3) is 11.1 Å². The van der Waals surface area contributed by atoms with E-state index >= 15 is 0 Å². The quantitative estimate of drug-likeness (QED) is 0.559. The number of benzene rings is 3. The van der Waals surface area contributed by atoms with Gasteiger partial charge in [0.15, 0.2) is 5.78 Å². The van der Waals surface area contributed by atoms with Gasteiger partial charge in [-0.25, -0.2) is 13.1 Å². The van der Waals surface area contributed by atoms with Crippen molar-refractivity contribution in [1.82, 2.24) is 4.72 Å². The number of sulfonamides is 1. The van der Waals surface area contributed by atoms with Crippen LogP contribution in [0.15, 0.2) is 71.6 Å². The Labute approximate surface area is 178 Å². The van der Waals surface area contributed by atoms with Crippen molar-refractivity contribution in [2.24, 2.45) is 0 Å². The molecule has 3 aromatic carbocycles. The van der Waals surface area contributed by atoms with Crippen molar-refractivity contribution in [2.45, 2.75) is 11.8 Å². The first-order chi connectivity index (χ1) is 13.7. The number of amides is 1. The van der Waals surface area contributed by atoms with E-state index < -0.39 is 15.9 Å². The maximum Gasteiger partial charge on any atom is 0.266 e. The van der Waals surface area contributed by atoms with Gasteiger partial charge in [0, 0.05) is 10.6 Å². The molecule has 0 saturated heterocycles. The molecule has 0 spiro atoms. The first-order valence-electron chi connectivity index (χ1n) is 8.41. The number of Topliss-reactive ketones (excluding diaryl/α,β-unsaturated/α-hetero) is 1. The lowest BCUT2D eigenvalue weighted by Gasteiger charge is -2.10. The number of rotatable bonds is 5. The molecule has 3 rings (SSSR count). The molecular weight excluding hydrogens is 433 g/mol. The van der Waals surface area contributed by atoms with Crippen LogP contribution in [0.3, 0.4) is 0 Å². The molecule has 0 fully saturated rings. The molecule has 1 amide bonds. The fourth-order valence-corrected chi connectivity index (χ4v) is 4.16. The topological polar surface area (TPSA) is 80.3 Å². The average molecular weight is 448 g/mol. The molecule has 3 aromatic rings. The monoisotopic (exact) mass is 447 g/mol. The zero-order valence-corrected chi connectivity index (χ0v) is 17.5. The van der Waals surface area contributed by atoms with Gasteiger partial charge in [0.2, 0.25) is 0 Å². The highest BCUT2D eigenvalue weighted by atomic mass is 35.5.